The first kappa shape index (κ1) is 17.4. The van der Waals surface area contributed by atoms with E-state index in [2.05, 4.69) is 40.5 Å². The van der Waals surface area contributed by atoms with Gasteiger partial charge >= 0.3 is 0 Å². The summed E-state index contributed by atoms with van der Waals surface area (Å²) in [5.74, 6) is 0.131. The Labute approximate surface area is 148 Å². The van der Waals surface area contributed by atoms with E-state index in [0.717, 1.165) is 18.7 Å². The van der Waals surface area contributed by atoms with Gasteiger partial charge in [0.15, 0.2) is 0 Å². The highest BCUT2D eigenvalue weighted by Crippen LogP contribution is 2.20. The third kappa shape index (κ3) is 4.37. The molecule has 3 rings (SSSR count). The standard InChI is InChI=1S/C20H25N3O2/c1-15(18-8-7-17-5-3-4-6-19(17)13-18)21-20(25)14-22-9-11-23(12-10-22)16(2)24/h3-8,13,15H,9-12,14H2,1-2H3,(H,21,25)/t15-/m1/s1. The number of hydrogen-bond acceptors (Lipinski definition) is 3. The molecule has 0 saturated carbocycles. The van der Waals surface area contributed by atoms with Gasteiger partial charge in [-0.3, -0.25) is 14.5 Å². The van der Waals surface area contributed by atoms with E-state index in [9.17, 15) is 9.59 Å². The molecule has 0 aromatic heterocycles. The smallest absolute Gasteiger partial charge is 0.234 e. The maximum Gasteiger partial charge on any atom is 0.234 e. The van der Waals surface area contributed by atoms with E-state index in [4.69, 9.17) is 0 Å². The highest BCUT2D eigenvalue weighted by Gasteiger charge is 2.21. The van der Waals surface area contributed by atoms with Gasteiger partial charge in [-0.2, -0.15) is 0 Å². The van der Waals surface area contributed by atoms with Crippen molar-refractivity contribution in [2.24, 2.45) is 0 Å². The molecule has 1 saturated heterocycles. The molecule has 0 spiro atoms. The van der Waals surface area contributed by atoms with Crippen LogP contribution in [0.4, 0.5) is 0 Å². The molecule has 1 atom stereocenters. The number of piperazine rings is 1. The maximum absolute atomic E-state index is 12.3. The minimum atomic E-state index is -0.0318. The summed E-state index contributed by atoms with van der Waals surface area (Å²) >= 11 is 0. The van der Waals surface area contributed by atoms with Gasteiger partial charge in [-0.15, -0.1) is 0 Å². The van der Waals surface area contributed by atoms with Gasteiger partial charge in [-0.05, 0) is 29.3 Å². The number of nitrogens with one attached hydrogen (secondary N) is 1. The first-order valence-corrected chi connectivity index (χ1v) is 8.79. The molecule has 1 N–H and O–H groups in total. The van der Waals surface area contributed by atoms with Crippen LogP contribution in [0.25, 0.3) is 10.8 Å². The highest BCUT2D eigenvalue weighted by atomic mass is 16.2. The van der Waals surface area contributed by atoms with Crippen LogP contribution in [-0.4, -0.2) is 54.3 Å². The number of fused-ring (bicyclic) bond motifs is 1. The van der Waals surface area contributed by atoms with Gasteiger partial charge in [0.1, 0.15) is 0 Å². The van der Waals surface area contributed by atoms with Crippen molar-refractivity contribution in [1.82, 2.24) is 15.1 Å². The quantitative estimate of drug-likeness (QED) is 0.929. The fourth-order valence-corrected chi connectivity index (χ4v) is 3.27. The van der Waals surface area contributed by atoms with Gasteiger partial charge in [0, 0.05) is 33.1 Å². The summed E-state index contributed by atoms with van der Waals surface area (Å²) in [6.07, 6.45) is 0. The highest BCUT2D eigenvalue weighted by molar-refractivity contribution is 5.83. The predicted octanol–water partition coefficient (Wildman–Crippen LogP) is 2.18. The van der Waals surface area contributed by atoms with Crippen LogP contribution in [0.5, 0.6) is 0 Å². The molecule has 2 amide bonds. The van der Waals surface area contributed by atoms with Crippen molar-refractivity contribution >= 4 is 22.6 Å². The molecule has 5 nitrogen and oxygen atoms in total. The minimum Gasteiger partial charge on any atom is -0.348 e. The van der Waals surface area contributed by atoms with Crippen molar-refractivity contribution in [3.05, 3.63) is 48.0 Å². The van der Waals surface area contributed by atoms with E-state index in [1.807, 2.05) is 24.0 Å². The van der Waals surface area contributed by atoms with Crippen LogP contribution in [-0.2, 0) is 9.59 Å². The molecule has 2 aromatic carbocycles. The van der Waals surface area contributed by atoms with E-state index in [1.165, 1.54) is 10.8 Å². The molecule has 2 aromatic rings. The van der Waals surface area contributed by atoms with Crippen LogP contribution in [0.1, 0.15) is 25.5 Å². The van der Waals surface area contributed by atoms with Crippen LogP contribution in [0.2, 0.25) is 0 Å². The van der Waals surface area contributed by atoms with Crippen molar-refractivity contribution < 1.29 is 9.59 Å². The normalized spacial score (nSPS) is 16.6. The van der Waals surface area contributed by atoms with Crippen LogP contribution in [0.15, 0.2) is 42.5 Å². The third-order valence-corrected chi connectivity index (χ3v) is 4.84. The summed E-state index contributed by atoms with van der Waals surface area (Å²) in [6, 6.07) is 14.5. The molecule has 25 heavy (non-hydrogen) atoms. The second-order valence-corrected chi connectivity index (χ2v) is 6.68. The lowest BCUT2D eigenvalue weighted by Crippen LogP contribution is -2.50. The number of carbonyl (C=O) groups is 2. The number of amides is 2. The summed E-state index contributed by atoms with van der Waals surface area (Å²) in [6.45, 7) is 6.87. The van der Waals surface area contributed by atoms with Crippen molar-refractivity contribution in [2.45, 2.75) is 19.9 Å². The lowest BCUT2D eigenvalue weighted by atomic mass is 10.0. The molecule has 1 aliphatic heterocycles. The molecule has 1 heterocycles. The molecular weight excluding hydrogens is 314 g/mol. The fraction of sp³-hybridized carbons (Fsp3) is 0.400. The number of benzene rings is 2. The van der Waals surface area contributed by atoms with E-state index in [0.29, 0.717) is 19.6 Å². The van der Waals surface area contributed by atoms with Crippen LogP contribution in [0.3, 0.4) is 0 Å². The van der Waals surface area contributed by atoms with Crippen molar-refractivity contribution in [1.29, 1.82) is 0 Å². The number of nitrogens with zero attached hydrogens (tertiary/aromatic N) is 2. The molecule has 0 radical (unpaired) electrons. The van der Waals surface area contributed by atoms with E-state index in [1.54, 1.807) is 6.92 Å². The molecular formula is C20H25N3O2. The zero-order valence-corrected chi connectivity index (χ0v) is 14.9. The Balaban J connectivity index is 1.54. The molecule has 5 heteroatoms. The Hall–Kier alpha value is -2.40. The zero-order chi connectivity index (χ0) is 17.8. The van der Waals surface area contributed by atoms with Crippen molar-refractivity contribution in [3.8, 4) is 0 Å². The lowest BCUT2D eigenvalue weighted by molar-refractivity contribution is -0.131. The van der Waals surface area contributed by atoms with Crippen molar-refractivity contribution in [3.63, 3.8) is 0 Å². The van der Waals surface area contributed by atoms with Gasteiger partial charge in [0.25, 0.3) is 0 Å². The fourth-order valence-electron chi connectivity index (χ4n) is 3.27. The van der Waals surface area contributed by atoms with Crippen LogP contribution >= 0.6 is 0 Å². The Morgan fingerprint density at radius 3 is 2.40 bits per heavy atom. The Kier molecular flexibility index (Phi) is 5.34. The van der Waals surface area contributed by atoms with E-state index < -0.39 is 0 Å². The third-order valence-electron chi connectivity index (χ3n) is 4.84. The topological polar surface area (TPSA) is 52.7 Å². The maximum atomic E-state index is 12.3. The van der Waals surface area contributed by atoms with E-state index in [-0.39, 0.29) is 17.9 Å². The number of hydrogen-bond donors (Lipinski definition) is 1. The molecule has 1 aliphatic rings. The van der Waals surface area contributed by atoms with Gasteiger partial charge < -0.3 is 10.2 Å². The lowest BCUT2D eigenvalue weighted by Gasteiger charge is -2.33. The van der Waals surface area contributed by atoms with E-state index >= 15 is 0 Å². The summed E-state index contributed by atoms with van der Waals surface area (Å²) in [4.78, 5) is 27.6. The summed E-state index contributed by atoms with van der Waals surface area (Å²) < 4.78 is 0. The van der Waals surface area contributed by atoms with Crippen LogP contribution in [0, 0.1) is 0 Å². The first-order valence-electron chi connectivity index (χ1n) is 8.79. The molecule has 0 unspecified atom stereocenters. The van der Waals surface area contributed by atoms with Crippen molar-refractivity contribution in [2.75, 3.05) is 32.7 Å². The zero-order valence-electron chi connectivity index (χ0n) is 14.9. The Morgan fingerprint density at radius 2 is 1.72 bits per heavy atom. The van der Waals surface area contributed by atoms with Crippen LogP contribution < -0.4 is 5.32 Å². The molecule has 0 bridgehead atoms. The summed E-state index contributed by atoms with van der Waals surface area (Å²) in [5, 5.41) is 5.46. The SMILES string of the molecule is CC(=O)N1CCN(CC(=O)N[C@H](C)c2ccc3ccccc3c2)CC1. The summed E-state index contributed by atoms with van der Waals surface area (Å²) in [7, 11) is 0. The second-order valence-electron chi connectivity index (χ2n) is 6.68. The minimum absolute atomic E-state index is 0.0249. The molecule has 132 valence electrons. The number of carbonyl (C=O) groups excluding carboxylic acids is 2. The Bertz CT molecular complexity index is 766. The van der Waals surface area contributed by atoms with Gasteiger partial charge in [-0.1, -0.05) is 36.4 Å². The van der Waals surface area contributed by atoms with Gasteiger partial charge in [-0.25, -0.2) is 0 Å². The molecule has 1 fully saturated rings. The average molecular weight is 339 g/mol. The Morgan fingerprint density at radius 1 is 1.04 bits per heavy atom. The van der Waals surface area contributed by atoms with Gasteiger partial charge in [0.2, 0.25) is 11.8 Å². The first-order chi connectivity index (χ1) is 12.0. The molecule has 0 aliphatic carbocycles. The number of rotatable bonds is 4. The average Bonchev–Trinajstić information content (AvgIpc) is 2.61. The van der Waals surface area contributed by atoms with Gasteiger partial charge in [0.05, 0.1) is 12.6 Å². The predicted molar refractivity (Wildman–Crippen MR) is 99.2 cm³/mol. The second kappa shape index (κ2) is 7.66. The summed E-state index contributed by atoms with van der Waals surface area (Å²) in [5.41, 5.74) is 1.11. The monoisotopic (exact) mass is 339 g/mol. The largest absolute Gasteiger partial charge is 0.348 e.